The lowest BCUT2D eigenvalue weighted by Crippen LogP contribution is -2.40. The highest BCUT2D eigenvalue weighted by atomic mass is 16.5. The Morgan fingerprint density at radius 2 is 0.898 bits per heavy atom. The van der Waals surface area contributed by atoms with Crippen LogP contribution in [0, 0.1) is 4.91 Å². The fourth-order valence-electron chi connectivity index (χ4n) is 7.12. The Morgan fingerprint density at radius 3 is 1.27 bits per heavy atom. The molecule has 0 aromatic rings. The van der Waals surface area contributed by atoms with E-state index in [0.717, 1.165) is 64.2 Å². The van der Waals surface area contributed by atoms with E-state index < -0.39 is 5.72 Å². The molecular formula is C45H82N2O2. The van der Waals surface area contributed by atoms with Crippen LogP contribution in [-0.4, -0.2) is 36.9 Å². The van der Waals surface area contributed by atoms with Gasteiger partial charge in [-0.3, -0.25) is 0 Å². The van der Waals surface area contributed by atoms with E-state index >= 15 is 0 Å². The maximum absolute atomic E-state index is 12.5. The number of rotatable bonds is 34. The van der Waals surface area contributed by atoms with Crippen molar-refractivity contribution < 1.29 is 4.74 Å². The molecule has 0 N–H and O–H groups in total. The number of hydrogen-bond acceptors (Lipinski definition) is 4. The van der Waals surface area contributed by atoms with Gasteiger partial charge >= 0.3 is 0 Å². The van der Waals surface area contributed by atoms with Crippen molar-refractivity contribution in [3.05, 3.63) is 53.5 Å². The van der Waals surface area contributed by atoms with Crippen LogP contribution in [0.15, 0.2) is 53.8 Å². The Morgan fingerprint density at radius 1 is 0.531 bits per heavy atom. The Labute approximate surface area is 306 Å². The predicted octanol–water partition coefficient (Wildman–Crippen LogP) is 14.7. The molecule has 1 rings (SSSR count). The van der Waals surface area contributed by atoms with Crippen LogP contribution in [0.2, 0.25) is 0 Å². The smallest absolute Gasteiger partial charge is 0.200 e. The van der Waals surface area contributed by atoms with E-state index in [2.05, 4.69) is 86.6 Å². The lowest BCUT2D eigenvalue weighted by Gasteiger charge is -2.37. The maximum atomic E-state index is 12.5. The Balaban J connectivity index is 2.30. The second-order valence-electron chi connectivity index (χ2n) is 15.2. The molecule has 49 heavy (non-hydrogen) atoms. The number of ether oxygens (including phenoxy) is 1. The van der Waals surface area contributed by atoms with Crippen LogP contribution in [0.25, 0.3) is 0 Å². The SMILES string of the molecule is CCCCC/C=C\C/C=C\CCCCCCCCC(CCCCCCCC/C=C\C/C=C\CCCCC)(N=O)OC1CCC(N(C)C)CC1. The first kappa shape index (κ1) is 45.5. The van der Waals surface area contributed by atoms with Crippen molar-refractivity contribution in [1.82, 2.24) is 4.90 Å². The third-order valence-corrected chi connectivity index (χ3v) is 10.5. The Bertz CT molecular complexity index is 789. The van der Waals surface area contributed by atoms with Crippen LogP contribution in [0.4, 0.5) is 0 Å². The summed E-state index contributed by atoms with van der Waals surface area (Å²) in [6.07, 6.45) is 54.5. The molecule has 0 aromatic heterocycles. The van der Waals surface area contributed by atoms with Crippen LogP contribution in [0.5, 0.6) is 0 Å². The van der Waals surface area contributed by atoms with Crippen molar-refractivity contribution in [3.8, 4) is 0 Å². The molecule has 0 bridgehead atoms. The number of allylic oxidation sites excluding steroid dienone is 8. The molecule has 0 spiro atoms. The second kappa shape index (κ2) is 33.6. The quantitative estimate of drug-likeness (QED) is 0.0385. The van der Waals surface area contributed by atoms with Gasteiger partial charge in [-0.25, -0.2) is 0 Å². The van der Waals surface area contributed by atoms with E-state index in [1.165, 1.54) is 128 Å². The Kier molecular flexibility index (Phi) is 31.2. The van der Waals surface area contributed by atoms with Crippen LogP contribution >= 0.6 is 0 Å². The molecule has 0 radical (unpaired) electrons. The lowest BCUT2D eigenvalue weighted by atomic mass is 9.91. The number of nitrogens with zero attached hydrogens (tertiary/aromatic N) is 2. The van der Waals surface area contributed by atoms with E-state index in [0.29, 0.717) is 6.04 Å². The highest BCUT2D eigenvalue weighted by Gasteiger charge is 2.36. The van der Waals surface area contributed by atoms with E-state index in [1.54, 1.807) is 0 Å². The number of nitroso groups, excluding NO2 is 1. The van der Waals surface area contributed by atoms with Crippen LogP contribution in [0.3, 0.4) is 0 Å². The van der Waals surface area contributed by atoms with Gasteiger partial charge in [-0.05, 0) is 122 Å². The van der Waals surface area contributed by atoms with Crippen LogP contribution in [-0.2, 0) is 4.74 Å². The molecule has 0 saturated heterocycles. The zero-order valence-electron chi connectivity index (χ0n) is 33.2. The molecule has 0 unspecified atom stereocenters. The molecule has 4 nitrogen and oxygen atoms in total. The van der Waals surface area contributed by atoms with Gasteiger partial charge in [-0.2, -0.15) is 0 Å². The van der Waals surface area contributed by atoms with Crippen molar-refractivity contribution in [2.24, 2.45) is 5.18 Å². The van der Waals surface area contributed by atoms with Crippen molar-refractivity contribution in [3.63, 3.8) is 0 Å². The predicted molar refractivity (Wildman–Crippen MR) is 217 cm³/mol. The third-order valence-electron chi connectivity index (χ3n) is 10.5. The van der Waals surface area contributed by atoms with Crippen LogP contribution < -0.4 is 0 Å². The van der Waals surface area contributed by atoms with Crippen molar-refractivity contribution in [2.75, 3.05) is 14.1 Å². The minimum Gasteiger partial charge on any atom is -0.347 e. The number of unbranched alkanes of at least 4 members (excludes halogenated alkanes) is 18. The first-order chi connectivity index (χ1) is 24.1. The van der Waals surface area contributed by atoms with Gasteiger partial charge in [-0.15, -0.1) is 4.91 Å². The zero-order chi connectivity index (χ0) is 35.5. The van der Waals surface area contributed by atoms with E-state index in [4.69, 9.17) is 4.74 Å². The fraction of sp³-hybridized carbons (Fsp3) is 0.822. The summed E-state index contributed by atoms with van der Waals surface area (Å²) in [5, 5.41) is 3.78. The van der Waals surface area contributed by atoms with Gasteiger partial charge in [0.05, 0.1) is 6.10 Å². The van der Waals surface area contributed by atoms with E-state index in [1.807, 2.05) is 0 Å². The van der Waals surface area contributed by atoms with Gasteiger partial charge in [0.2, 0.25) is 0 Å². The minimum absolute atomic E-state index is 0.183. The second-order valence-corrected chi connectivity index (χ2v) is 15.2. The van der Waals surface area contributed by atoms with Gasteiger partial charge in [0.25, 0.3) is 0 Å². The largest absolute Gasteiger partial charge is 0.347 e. The van der Waals surface area contributed by atoms with Crippen molar-refractivity contribution in [2.45, 2.75) is 224 Å². The summed E-state index contributed by atoms with van der Waals surface area (Å²) in [4.78, 5) is 14.8. The van der Waals surface area contributed by atoms with Gasteiger partial charge in [0, 0.05) is 18.9 Å². The van der Waals surface area contributed by atoms with Gasteiger partial charge < -0.3 is 9.64 Å². The molecule has 284 valence electrons. The molecule has 0 aromatic carbocycles. The average molecular weight is 683 g/mol. The summed E-state index contributed by atoms with van der Waals surface area (Å²) in [7, 11) is 4.36. The van der Waals surface area contributed by atoms with Gasteiger partial charge in [0.1, 0.15) is 0 Å². The van der Waals surface area contributed by atoms with Gasteiger partial charge in [0.15, 0.2) is 5.72 Å². The van der Waals surface area contributed by atoms with E-state index in [9.17, 15) is 4.91 Å². The first-order valence-electron chi connectivity index (χ1n) is 21.4. The minimum atomic E-state index is -0.819. The molecule has 1 fully saturated rings. The maximum Gasteiger partial charge on any atom is 0.200 e. The Hall–Kier alpha value is -1.52. The first-order valence-corrected chi connectivity index (χ1v) is 21.4. The lowest BCUT2D eigenvalue weighted by molar-refractivity contribution is -0.117. The highest BCUT2D eigenvalue weighted by Crippen LogP contribution is 2.34. The molecule has 1 aliphatic carbocycles. The molecular weight excluding hydrogens is 601 g/mol. The van der Waals surface area contributed by atoms with E-state index in [-0.39, 0.29) is 6.10 Å². The summed E-state index contributed by atoms with van der Waals surface area (Å²) < 4.78 is 6.68. The van der Waals surface area contributed by atoms with Crippen molar-refractivity contribution in [1.29, 1.82) is 0 Å². The standard InChI is InChI=1S/C45H82N2O2/c1-5-7-9-11-13-15-17-19-21-23-25-27-29-31-33-35-41-45(46-48,49-44-39-37-43(38-40-44)47(3)4)42-36-34-32-30-28-26-24-22-20-18-16-14-12-10-8-6-2/h13-16,19-22,43-44H,5-12,17-18,23-42H2,1-4H3/b15-13-,16-14-,21-19-,22-20-. The molecule has 1 saturated carbocycles. The molecule has 4 heteroatoms. The molecule has 1 aliphatic rings. The summed E-state index contributed by atoms with van der Waals surface area (Å²) in [5.41, 5.74) is -0.819. The summed E-state index contributed by atoms with van der Waals surface area (Å²) >= 11 is 0. The third kappa shape index (κ3) is 26.9. The zero-order valence-corrected chi connectivity index (χ0v) is 33.2. The monoisotopic (exact) mass is 683 g/mol. The molecule has 0 heterocycles. The fourth-order valence-corrected chi connectivity index (χ4v) is 7.12. The number of hydrogen-bond donors (Lipinski definition) is 0. The normalized spacial score (nSPS) is 17.6. The molecule has 0 amide bonds. The average Bonchev–Trinajstić information content (AvgIpc) is 3.11. The summed E-state index contributed by atoms with van der Waals surface area (Å²) in [6.45, 7) is 4.52. The summed E-state index contributed by atoms with van der Waals surface area (Å²) in [6, 6.07) is 0.638. The molecule has 0 atom stereocenters. The summed E-state index contributed by atoms with van der Waals surface area (Å²) in [5.74, 6) is 0. The highest BCUT2D eigenvalue weighted by molar-refractivity contribution is 4.93. The van der Waals surface area contributed by atoms with Gasteiger partial charge in [-0.1, -0.05) is 140 Å². The van der Waals surface area contributed by atoms with Crippen molar-refractivity contribution >= 4 is 0 Å². The topological polar surface area (TPSA) is 41.9 Å². The molecule has 0 aliphatic heterocycles. The van der Waals surface area contributed by atoms with Crippen LogP contribution in [0.1, 0.15) is 206 Å².